The van der Waals surface area contributed by atoms with E-state index in [1.807, 2.05) is 30.3 Å². The number of nitrogens with one attached hydrogen (secondary N) is 1. The lowest BCUT2D eigenvalue weighted by Gasteiger charge is -2.23. The Hall–Kier alpha value is -3.53. The van der Waals surface area contributed by atoms with E-state index in [4.69, 9.17) is 9.47 Å². The van der Waals surface area contributed by atoms with Gasteiger partial charge in [-0.25, -0.2) is 8.42 Å². The van der Waals surface area contributed by atoms with Crippen molar-refractivity contribution in [3.05, 3.63) is 89.5 Å². The SMILES string of the molecule is COC(CNC(=O)c1ccc2c(c1)N(Cc1ccccc1)C(=O)c1ccccc1S2(=O)=O)OC. The van der Waals surface area contributed by atoms with Crippen LogP contribution in [0.25, 0.3) is 0 Å². The van der Waals surface area contributed by atoms with Gasteiger partial charge in [-0.3, -0.25) is 9.59 Å². The second-order valence-corrected chi connectivity index (χ2v) is 9.56. The minimum Gasteiger partial charge on any atom is -0.354 e. The van der Waals surface area contributed by atoms with Gasteiger partial charge in [0.2, 0.25) is 9.84 Å². The molecule has 0 aliphatic carbocycles. The van der Waals surface area contributed by atoms with Gasteiger partial charge in [-0.2, -0.15) is 0 Å². The zero-order valence-electron chi connectivity index (χ0n) is 18.7. The lowest BCUT2D eigenvalue weighted by Crippen LogP contribution is -2.34. The van der Waals surface area contributed by atoms with Gasteiger partial charge >= 0.3 is 0 Å². The Morgan fingerprint density at radius 3 is 2.32 bits per heavy atom. The molecule has 1 aliphatic rings. The van der Waals surface area contributed by atoms with Crippen LogP contribution in [0.5, 0.6) is 0 Å². The first-order chi connectivity index (χ1) is 16.4. The highest BCUT2D eigenvalue weighted by molar-refractivity contribution is 7.91. The molecule has 1 N–H and O–H groups in total. The number of fused-ring (bicyclic) bond motifs is 2. The van der Waals surface area contributed by atoms with Crippen LogP contribution in [-0.2, 0) is 25.9 Å². The molecule has 1 aliphatic heterocycles. The molecule has 176 valence electrons. The van der Waals surface area contributed by atoms with Crippen molar-refractivity contribution in [3.8, 4) is 0 Å². The van der Waals surface area contributed by atoms with Crippen molar-refractivity contribution >= 4 is 27.3 Å². The topological polar surface area (TPSA) is 102 Å². The summed E-state index contributed by atoms with van der Waals surface area (Å²) in [5, 5.41) is 2.70. The molecule has 4 rings (SSSR count). The maximum absolute atomic E-state index is 13.6. The molecule has 0 unspecified atom stereocenters. The monoisotopic (exact) mass is 480 g/mol. The standard InChI is InChI=1S/C25H24N2O6S/c1-32-23(33-2)15-26-24(28)18-12-13-22-20(14-18)27(16-17-8-4-3-5-9-17)25(29)19-10-6-7-11-21(19)34(22,30)31/h3-14,23H,15-16H2,1-2H3,(H,26,28). The largest absolute Gasteiger partial charge is 0.354 e. The maximum Gasteiger partial charge on any atom is 0.259 e. The number of sulfone groups is 1. The third-order valence-electron chi connectivity index (χ3n) is 5.59. The second-order valence-electron chi connectivity index (χ2n) is 7.67. The van der Waals surface area contributed by atoms with Crippen molar-refractivity contribution in [2.45, 2.75) is 22.6 Å². The molecule has 9 heteroatoms. The van der Waals surface area contributed by atoms with E-state index in [-0.39, 0.29) is 39.7 Å². The zero-order chi connectivity index (χ0) is 24.3. The van der Waals surface area contributed by atoms with Crippen molar-refractivity contribution in [1.82, 2.24) is 5.32 Å². The van der Waals surface area contributed by atoms with Crippen LogP contribution < -0.4 is 10.2 Å². The van der Waals surface area contributed by atoms with Crippen molar-refractivity contribution < 1.29 is 27.5 Å². The molecule has 3 aromatic rings. The highest BCUT2D eigenvalue weighted by Gasteiger charge is 2.36. The highest BCUT2D eigenvalue weighted by atomic mass is 32.2. The van der Waals surface area contributed by atoms with E-state index in [1.165, 1.54) is 49.5 Å². The number of amides is 2. The van der Waals surface area contributed by atoms with Gasteiger partial charge in [0, 0.05) is 19.8 Å². The molecule has 0 atom stereocenters. The summed E-state index contributed by atoms with van der Waals surface area (Å²) in [5.74, 6) is -0.911. The first-order valence-electron chi connectivity index (χ1n) is 10.5. The van der Waals surface area contributed by atoms with Gasteiger partial charge in [0.1, 0.15) is 0 Å². The quantitative estimate of drug-likeness (QED) is 0.522. The van der Waals surface area contributed by atoms with E-state index < -0.39 is 27.9 Å². The molecule has 1 heterocycles. The zero-order valence-corrected chi connectivity index (χ0v) is 19.5. The average Bonchev–Trinajstić information content (AvgIpc) is 2.93. The van der Waals surface area contributed by atoms with E-state index in [2.05, 4.69) is 5.32 Å². The molecule has 3 aromatic carbocycles. The van der Waals surface area contributed by atoms with Crippen LogP contribution in [-0.4, -0.2) is 47.3 Å². The van der Waals surface area contributed by atoms with Gasteiger partial charge in [0.15, 0.2) is 6.29 Å². The Balaban J connectivity index is 1.82. The van der Waals surface area contributed by atoms with E-state index in [1.54, 1.807) is 12.1 Å². The van der Waals surface area contributed by atoms with E-state index in [0.717, 1.165) is 5.56 Å². The summed E-state index contributed by atoms with van der Waals surface area (Å²) >= 11 is 0. The van der Waals surface area contributed by atoms with Crippen LogP contribution in [0.3, 0.4) is 0 Å². The number of hydrogen-bond acceptors (Lipinski definition) is 6. The van der Waals surface area contributed by atoms with Gasteiger partial charge in [0.05, 0.1) is 34.1 Å². The maximum atomic E-state index is 13.6. The summed E-state index contributed by atoms with van der Waals surface area (Å²) < 4.78 is 37.2. The molecule has 0 radical (unpaired) electrons. The average molecular weight is 481 g/mol. The Kier molecular flexibility index (Phi) is 6.78. The van der Waals surface area contributed by atoms with Crippen LogP contribution >= 0.6 is 0 Å². The van der Waals surface area contributed by atoms with E-state index in [0.29, 0.717) is 0 Å². The Morgan fingerprint density at radius 1 is 0.941 bits per heavy atom. The first kappa shape index (κ1) is 23.6. The number of nitrogens with zero attached hydrogens (tertiary/aromatic N) is 1. The molecule has 0 saturated heterocycles. The molecule has 0 aromatic heterocycles. The molecule has 0 fully saturated rings. The number of rotatable bonds is 7. The van der Waals surface area contributed by atoms with Crippen molar-refractivity contribution in [2.75, 3.05) is 25.7 Å². The predicted molar refractivity (Wildman–Crippen MR) is 125 cm³/mol. The molecular weight excluding hydrogens is 456 g/mol. The molecule has 8 nitrogen and oxygen atoms in total. The van der Waals surface area contributed by atoms with Crippen LogP contribution in [0.2, 0.25) is 0 Å². The second kappa shape index (κ2) is 9.76. The summed E-state index contributed by atoms with van der Waals surface area (Å²) in [6, 6.07) is 19.6. The fourth-order valence-electron chi connectivity index (χ4n) is 3.81. The smallest absolute Gasteiger partial charge is 0.259 e. The van der Waals surface area contributed by atoms with Crippen molar-refractivity contribution in [1.29, 1.82) is 0 Å². The molecule has 2 amide bonds. The van der Waals surface area contributed by atoms with Crippen LogP contribution in [0.1, 0.15) is 26.3 Å². The molecular formula is C25H24N2O6S. The highest BCUT2D eigenvalue weighted by Crippen LogP contribution is 2.38. The third-order valence-corrected chi connectivity index (χ3v) is 7.45. The van der Waals surface area contributed by atoms with Crippen molar-refractivity contribution in [2.24, 2.45) is 0 Å². The summed E-state index contributed by atoms with van der Waals surface area (Å²) in [4.78, 5) is 27.7. The lowest BCUT2D eigenvalue weighted by molar-refractivity contribution is -0.0974. The number of benzene rings is 3. The van der Waals surface area contributed by atoms with Crippen molar-refractivity contribution in [3.63, 3.8) is 0 Å². The number of carbonyl (C=O) groups is 2. The lowest BCUT2D eigenvalue weighted by atomic mass is 10.1. The Labute approximate surface area is 198 Å². The summed E-state index contributed by atoms with van der Waals surface area (Å²) in [6.07, 6.45) is -0.629. The van der Waals surface area contributed by atoms with Gasteiger partial charge < -0.3 is 19.7 Å². The number of anilines is 1. The summed E-state index contributed by atoms with van der Waals surface area (Å²) in [5.41, 5.74) is 1.25. The van der Waals surface area contributed by atoms with E-state index in [9.17, 15) is 18.0 Å². The predicted octanol–water partition coefficient (Wildman–Crippen LogP) is 3.03. The minimum absolute atomic E-state index is 0.0371. The van der Waals surface area contributed by atoms with Gasteiger partial charge in [-0.15, -0.1) is 0 Å². The number of carbonyl (C=O) groups excluding carboxylic acids is 2. The Bertz CT molecular complexity index is 1320. The number of methoxy groups -OCH3 is 2. The molecule has 0 bridgehead atoms. The molecule has 34 heavy (non-hydrogen) atoms. The van der Waals surface area contributed by atoms with Crippen LogP contribution in [0.4, 0.5) is 5.69 Å². The van der Waals surface area contributed by atoms with Gasteiger partial charge in [-0.1, -0.05) is 42.5 Å². The number of ether oxygens (including phenoxy) is 2. The molecule has 0 saturated carbocycles. The van der Waals surface area contributed by atoms with Gasteiger partial charge in [0.25, 0.3) is 11.8 Å². The van der Waals surface area contributed by atoms with E-state index >= 15 is 0 Å². The normalized spacial score (nSPS) is 14.3. The molecule has 0 spiro atoms. The number of hydrogen-bond donors (Lipinski definition) is 1. The van der Waals surface area contributed by atoms with Crippen LogP contribution in [0, 0.1) is 0 Å². The third kappa shape index (κ3) is 4.45. The Morgan fingerprint density at radius 2 is 1.62 bits per heavy atom. The summed E-state index contributed by atoms with van der Waals surface area (Å²) in [7, 11) is -1.09. The van der Waals surface area contributed by atoms with Gasteiger partial charge in [-0.05, 0) is 35.9 Å². The van der Waals surface area contributed by atoms with Crippen LogP contribution in [0.15, 0.2) is 82.6 Å². The minimum atomic E-state index is -4.01. The fraction of sp³-hybridized carbons (Fsp3) is 0.200. The fourth-order valence-corrected chi connectivity index (χ4v) is 5.44. The summed E-state index contributed by atoms with van der Waals surface area (Å²) in [6.45, 7) is 0.232. The first-order valence-corrected chi connectivity index (χ1v) is 12.0.